The number of carbonyl (C=O) groups excluding carboxylic acids is 2. The first-order valence-corrected chi connectivity index (χ1v) is 8.79. The highest BCUT2D eigenvalue weighted by atomic mass is 16.6. The van der Waals surface area contributed by atoms with Crippen molar-refractivity contribution in [2.45, 2.75) is 19.4 Å². The number of nitro groups is 1. The Morgan fingerprint density at radius 3 is 2.38 bits per heavy atom. The second-order valence-corrected chi connectivity index (χ2v) is 6.08. The fourth-order valence-corrected chi connectivity index (χ4v) is 2.51. The van der Waals surface area contributed by atoms with Crippen molar-refractivity contribution in [2.24, 2.45) is 0 Å². The first-order valence-electron chi connectivity index (χ1n) is 8.79. The topological polar surface area (TPSA) is 117 Å². The molecule has 29 heavy (non-hydrogen) atoms. The summed E-state index contributed by atoms with van der Waals surface area (Å²) in [7, 11) is 2.91. The first kappa shape index (κ1) is 21.7. The molecule has 0 unspecified atom stereocenters. The molecule has 2 aromatic carbocycles. The van der Waals surface area contributed by atoms with Crippen LogP contribution in [0.15, 0.2) is 42.5 Å². The lowest BCUT2D eigenvalue weighted by Gasteiger charge is -2.15. The third-order valence-electron chi connectivity index (χ3n) is 4.14. The van der Waals surface area contributed by atoms with Gasteiger partial charge in [0.25, 0.3) is 11.6 Å². The highest BCUT2D eigenvalue weighted by Crippen LogP contribution is 2.25. The normalized spacial score (nSPS) is 11.3. The van der Waals surface area contributed by atoms with Crippen LogP contribution in [0.25, 0.3) is 0 Å². The first-order chi connectivity index (χ1) is 13.8. The molecule has 0 fully saturated rings. The Kier molecular flexibility index (Phi) is 7.53. The summed E-state index contributed by atoms with van der Waals surface area (Å²) >= 11 is 0. The number of amides is 1. The molecular formula is C20H22N2O7. The summed E-state index contributed by atoms with van der Waals surface area (Å²) in [5, 5.41) is 13.6. The number of nitrogens with one attached hydrogen (secondary N) is 1. The highest BCUT2D eigenvalue weighted by molar-refractivity contribution is 5.95. The van der Waals surface area contributed by atoms with Crippen LogP contribution in [0.5, 0.6) is 11.5 Å². The molecule has 2 rings (SSSR count). The SMILES string of the molecule is COc1ccc(CCNC(=O)[C@@H](C)OC(=O)c2cc([N+](=O)[O-])ccc2OC)cc1. The van der Waals surface area contributed by atoms with Crippen molar-refractivity contribution >= 4 is 17.6 Å². The van der Waals surface area contributed by atoms with Crippen LogP contribution < -0.4 is 14.8 Å². The standard InChI is InChI=1S/C20H22N2O7/c1-13(19(23)21-11-10-14-4-7-16(27-2)8-5-14)29-20(24)17-12-15(22(25)26)6-9-18(17)28-3/h4-9,12-13H,10-11H2,1-3H3,(H,21,23)/t13-/m1/s1. The van der Waals surface area contributed by atoms with Crippen molar-refractivity contribution in [2.75, 3.05) is 20.8 Å². The van der Waals surface area contributed by atoms with Crippen LogP contribution in [0.2, 0.25) is 0 Å². The third kappa shape index (κ3) is 5.93. The van der Waals surface area contributed by atoms with Gasteiger partial charge in [0, 0.05) is 18.7 Å². The van der Waals surface area contributed by atoms with Crippen LogP contribution in [0.1, 0.15) is 22.8 Å². The van der Waals surface area contributed by atoms with E-state index in [9.17, 15) is 19.7 Å². The molecule has 1 atom stereocenters. The fraction of sp³-hybridized carbons (Fsp3) is 0.300. The van der Waals surface area contributed by atoms with Crippen molar-refractivity contribution in [1.82, 2.24) is 5.32 Å². The molecule has 2 aromatic rings. The molecular weight excluding hydrogens is 380 g/mol. The van der Waals surface area contributed by atoms with Gasteiger partial charge >= 0.3 is 5.97 Å². The minimum Gasteiger partial charge on any atom is -0.497 e. The van der Waals surface area contributed by atoms with Crippen molar-refractivity contribution in [3.8, 4) is 11.5 Å². The van der Waals surface area contributed by atoms with E-state index in [1.54, 1.807) is 7.11 Å². The van der Waals surface area contributed by atoms with Crippen molar-refractivity contribution in [1.29, 1.82) is 0 Å². The minimum atomic E-state index is -1.08. The minimum absolute atomic E-state index is 0.118. The number of carbonyl (C=O) groups is 2. The van der Waals surface area contributed by atoms with Gasteiger partial charge in [0.1, 0.15) is 17.1 Å². The Labute approximate surface area is 167 Å². The fourth-order valence-electron chi connectivity index (χ4n) is 2.51. The predicted molar refractivity (Wildman–Crippen MR) is 104 cm³/mol. The molecule has 0 radical (unpaired) electrons. The van der Waals surface area contributed by atoms with E-state index in [2.05, 4.69) is 5.32 Å². The van der Waals surface area contributed by atoms with Gasteiger partial charge in [-0.05, 0) is 37.1 Å². The Hall–Kier alpha value is -3.62. The van der Waals surface area contributed by atoms with E-state index in [0.717, 1.165) is 17.4 Å². The van der Waals surface area contributed by atoms with Gasteiger partial charge in [-0.25, -0.2) is 4.79 Å². The van der Waals surface area contributed by atoms with Crippen LogP contribution in [0.3, 0.4) is 0 Å². The molecule has 0 heterocycles. The molecule has 0 bridgehead atoms. The molecule has 9 heteroatoms. The van der Waals surface area contributed by atoms with Crippen LogP contribution in [-0.4, -0.2) is 43.7 Å². The number of hydrogen-bond donors (Lipinski definition) is 1. The average Bonchev–Trinajstić information content (AvgIpc) is 2.73. The molecule has 0 aliphatic rings. The van der Waals surface area contributed by atoms with E-state index in [1.165, 1.54) is 26.2 Å². The predicted octanol–water partition coefficient (Wildman–Crippen LogP) is 2.52. The number of nitrogens with zero attached hydrogens (tertiary/aromatic N) is 1. The summed E-state index contributed by atoms with van der Waals surface area (Å²) in [6, 6.07) is 11.0. The second-order valence-electron chi connectivity index (χ2n) is 6.08. The van der Waals surface area contributed by atoms with E-state index in [0.29, 0.717) is 13.0 Å². The quantitative estimate of drug-likeness (QED) is 0.389. The zero-order valence-electron chi connectivity index (χ0n) is 16.3. The maximum Gasteiger partial charge on any atom is 0.342 e. The van der Waals surface area contributed by atoms with Crippen LogP contribution in [-0.2, 0) is 16.0 Å². The molecule has 0 saturated carbocycles. The maximum absolute atomic E-state index is 12.4. The molecule has 1 N–H and O–H groups in total. The molecule has 0 aliphatic heterocycles. The van der Waals surface area contributed by atoms with Gasteiger partial charge < -0.3 is 19.5 Å². The maximum atomic E-state index is 12.4. The molecule has 0 saturated heterocycles. The van der Waals surface area contributed by atoms with Gasteiger partial charge in [-0.2, -0.15) is 0 Å². The summed E-state index contributed by atoms with van der Waals surface area (Å²) in [5.74, 6) is -0.498. The van der Waals surface area contributed by atoms with Gasteiger partial charge in [-0.1, -0.05) is 12.1 Å². The van der Waals surface area contributed by atoms with Gasteiger partial charge in [-0.3, -0.25) is 14.9 Å². The lowest BCUT2D eigenvalue weighted by atomic mass is 10.1. The molecule has 0 spiro atoms. The Morgan fingerprint density at radius 1 is 1.10 bits per heavy atom. The number of benzene rings is 2. The number of nitro benzene ring substituents is 1. The Bertz CT molecular complexity index is 881. The Morgan fingerprint density at radius 2 is 1.79 bits per heavy atom. The zero-order valence-corrected chi connectivity index (χ0v) is 16.3. The number of rotatable bonds is 9. The molecule has 9 nitrogen and oxygen atoms in total. The van der Waals surface area contributed by atoms with E-state index in [4.69, 9.17) is 14.2 Å². The Balaban J connectivity index is 1.92. The van der Waals surface area contributed by atoms with Gasteiger partial charge in [0.05, 0.1) is 19.1 Å². The summed E-state index contributed by atoms with van der Waals surface area (Å²) in [6.45, 7) is 1.78. The number of hydrogen-bond acceptors (Lipinski definition) is 7. The lowest BCUT2D eigenvalue weighted by Crippen LogP contribution is -2.37. The zero-order chi connectivity index (χ0) is 21.4. The van der Waals surface area contributed by atoms with Crippen molar-refractivity contribution < 1.29 is 28.7 Å². The summed E-state index contributed by atoms with van der Waals surface area (Å²) < 4.78 is 15.3. The largest absolute Gasteiger partial charge is 0.497 e. The van der Waals surface area contributed by atoms with E-state index < -0.39 is 22.9 Å². The highest BCUT2D eigenvalue weighted by Gasteiger charge is 2.23. The lowest BCUT2D eigenvalue weighted by molar-refractivity contribution is -0.384. The number of esters is 1. The van der Waals surface area contributed by atoms with Crippen LogP contribution >= 0.6 is 0 Å². The average molecular weight is 402 g/mol. The van der Waals surface area contributed by atoms with E-state index in [1.807, 2.05) is 24.3 Å². The molecule has 154 valence electrons. The van der Waals surface area contributed by atoms with Crippen molar-refractivity contribution in [3.05, 3.63) is 63.7 Å². The van der Waals surface area contributed by atoms with E-state index >= 15 is 0 Å². The number of ether oxygens (including phenoxy) is 3. The molecule has 0 aliphatic carbocycles. The van der Waals surface area contributed by atoms with Gasteiger partial charge in [-0.15, -0.1) is 0 Å². The molecule has 1 amide bonds. The number of methoxy groups -OCH3 is 2. The summed E-state index contributed by atoms with van der Waals surface area (Å²) in [5.41, 5.74) is 0.603. The van der Waals surface area contributed by atoms with Gasteiger partial charge in [0.2, 0.25) is 0 Å². The van der Waals surface area contributed by atoms with Gasteiger partial charge in [0.15, 0.2) is 6.10 Å². The van der Waals surface area contributed by atoms with Crippen LogP contribution in [0.4, 0.5) is 5.69 Å². The summed E-state index contributed by atoms with van der Waals surface area (Å²) in [4.78, 5) is 34.8. The van der Waals surface area contributed by atoms with Crippen LogP contribution in [0, 0.1) is 10.1 Å². The number of non-ortho nitro benzene ring substituents is 1. The second kappa shape index (κ2) is 10.1. The smallest absolute Gasteiger partial charge is 0.342 e. The monoisotopic (exact) mass is 402 g/mol. The summed E-state index contributed by atoms with van der Waals surface area (Å²) in [6.07, 6.45) is -0.489. The third-order valence-corrected chi connectivity index (χ3v) is 4.14. The van der Waals surface area contributed by atoms with E-state index in [-0.39, 0.29) is 17.0 Å². The van der Waals surface area contributed by atoms with Crippen molar-refractivity contribution in [3.63, 3.8) is 0 Å². The molecule has 0 aromatic heterocycles.